The summed E-state index contributed by atoms with van der Waals surface area (Å²) in [5.74, 6) is 0.928. The SMILES string of the molecule is COc1ccc(C(C)N2CCNC(C)CC2)cc1. The zero-order valence-electron chi connectivity index (χ0n) is 11.6. The fourth-order valence-corrected chi connectivity index (χ4v) is 2.51. The average molecular weight is 248 g/mol. The van der Waals surface area contributed by atoms with Crippen LogP contribution in [0.2, 0.25) is 0 Å². The Morgan fingerprint density at radius 3 is 2.67 bits per heavy atom. The zero-order valence-corrected chi connectivity index (χ0v) is 11.6. The summed E-state index contributed by atoms with van der Waals surface area (Å²) in [6.45, 7) is 7.93. The van der Waals surface area contributed by atoms with E-state index >= 15 is 0 Å². The van der Waals surface area contributed by atoms with Gasteiger partial charge in [0.2, 0.25) is 0 Å². The molecule has 2 unspecified atom stereocenters. The Hall–Kier alpha value is -1.06. The largest absolute Gasteiger partial charge is 0.497 e. The highest BCUT2D eigenvalue weighted by Gasteiger charge is 2.19. The van der Waals surface area contributed by atoms with E-state index < -0.39 is 0 Å². The number of nitrogens with one attached hydrogen (secondary N) is 1. The quantitative estimate of drug-likeness (QED) is 0.889. The molecule has 1 aliphatic rings. The van der Waals surface area contributed by atoms with Gasteiger partial charge in [0.15, 0.2) is 0 Å². The van der Waals surface area contributed by atoms with E-state index in [9.17, 15) is 0 Å². The molecule has 18 heavy (non-hydrogen) atoms. The van der Waals surface area contributed by atoms with Gasteiger partial charge in [0, 0.05) is 31.7 Å². The molecule has 1 heterocycles. The Bertz CT molecular complexity index is 363. The van der Waals surface area contributed by atoms with E-state index in [0.29, 0.717) is 12.1 Å². The van der Waals surface area contributed by atoms with Crippen LogP contribution in [0, 0.1) is 0 Å². The molecule has 1 aromatic carbocycles. The van der Waals surface area contributed by atoms with Crippen molar-refractivity contribution in [3.05, 3.63) is 29.8 Å². The van der Waals surface area contributed by atoms with Crippen LogP contribution in [0.3, 0.4) is 0 Å². The summed E-state index contributed by atoms with van der Waals surface area (Å²) >= 11 is 0. The second-order valence-electron chi connectivity index (χ2n) is 5.13. The number of ether oxygens (including phenoxy) is 1. The fourth-order valence-electron chi connectivity index (χ4n) is 2.51. The molecule has 1 aromatic rings. The Kier molecular flexibility index (Phi) is 4.61. The Morgan fingerprint density at radius 2 is 2.00 bits per heavy atom. The van der Waals surface area contributed by atoms with E-state index in [-0.39, 0.29) is 0 Å². The average Bonchev–Trinajstić information content (AvgIpc) is 2.63. The molecule has 2 rings (SSSR count). The molecule has 0 aliphatic carbocycles. The lowest BCUT2D eigenvalue weighted by atomic mass is 10.1. The standard InChI is InChI=1S/C15H24N2O/c1-12-8-10-17(11-9-16-12)13(2)14-4-6-15(18-3)7-5-14/h4-7,12-13,16H,8-11H2,1-3H3. The van der Waals surface area contributed by atoms with Gasteiger partial charge >= 0.3 is 0 Å². The van der Waals surface area contributed by atoms with Crippen molar-refractivity contribution in [2.45, 2.75) is 32.4 Å². The number of nitrogens with zero attached hydrogens (tertiary/aromatic N) is 1. The monoisotopic (exact) mass is 248 g/mol. The van der Waals surface area contributed by atoms with Crippen LogP contribution in [-0.2, 0) is 0 Å². The highest BCUT2D eigenvalue weighted by molar-refractivity contribution is 5.28. The number of hydrogen-bond acceptors (Lipinski definition) is 3. The van der Waals surface area contributed by atoms with E-state index in [1.54, 1.807) is 7.11 Å². The minimum absolute atomic E-state index is 0.475. The fraction of sp³-hybridized carbons (Fsp3) is 0.600. The van der Waals surface area contributed by atoms with Gasteiger partial charge in [-0.3, -0.25) is 4.90 Å². The normalized spacial score (nSPS) is 23.4. The van der Waals surface area contributed by atoms with Crippen molar-refractivity contribution in [3.63, 3.8) is 0 Å². The number of hydrogen-bond donors (Lipinski definition) is 1. The summed E-state index contributed by atoms with van der Waals surface area (Å²) in [4.78, 5) is 2.55. The molecule has 0 spiro atoms. The maximum atomic E-state index is 5.20. The summed E-state index contributed by atoms with van der Waals surface area (Å²) < 4.78 is 5.20. The summed E-state index contributed by atoms with van der Waals surface area (Å²) in [5, 5.41) is 3.54. The van der Waals surface area contributed by atoms with Gasteiger partial charge in [-0.05, 0) is 38.0 Å². The third-order valence-electron chi connectivity index (χ3n) is 3.89. The van der Waals surface area contributed by atoms with E-state index in [1.165, 1.54) is 18.5 Å². The van der Waals surface area contributed by atoms with Gasteiger partial charge < -0.3 is 10.1 Å². The minimum atomic E-state index is 0.475. The number of methoxy groups -OCH3 is 1. The summed E-state index contributed by atoms with van der Waals surface area (Å²) in [7, 11) is 1.71. The molecule has 1 aliphatic heterocycles. The molecule has 0 aromatic heterocycles. The molecule has 1 saturated heterocycles. The lowest BCUT2D eigenvalue weighted by Crippen LogP contribution is -2.31. The van der Waals surface area contributed by atoms with Crippen molar-refractivity contribution in [3.8, 4) is 5.75 Å². The molecule has 2 atom stereocenters. The Balaban J connectivity index is 2.02. The molecule has 0 bridgehead atoms. The molecule has 1 fully saturated rings. The van der Waals surface area contributed by atoms with E-state index in [4.69, 9.17) is 4.74 Å². The van der Waals surface area contributed by atoms with Crippen molar-refractivity contribution in [2.24, 2.45) is 0 Å². The topological polar surface area (TPSA) is 24.5 Å². The first-order valence-corrected chi connectivity index (χ1v) is 6.82. The molecule has 0 saturated carbocycles. The Morgan fingerprint density at radius 1 is 1.28 bits per heavy atom. The molecule has 100 valence electrons. The van der Waals surface area contributed by atoms with E-state index in [0.717, 1.165) is 18.8 Å². The lowest BCUT2D eigenvalue weighted by Gasteiger charge is -2.27. The highest BCUT2D eigenvalue weighted by atomic mass is 16.5. The predicted octanol–water partition coefficient (Wildman–Crippen LogP) is 2.44. The van der Waals surface area contributed by atoms with E-state index in [2.05, 4.69) is 36.2 Å². The second-order valence-corrected chi connectivity index (χ2v) is 5.13. The highest BCUT2D eigenvalue weighted by Crippen LogP contribution is 2.23. The number of benzene rings is 1. The van der Waals surface area contributed by atoms with Crippen LogP contribution in [-0.4, -0.2) is 37.7 Å². The maximum Gasteiger partial charge on any atom is 0.118 e. The van der Waals surface area contributed by atoms with Crippen LogP contribution in [0.15, 0.2) is 24.3 Å². The van der Waals surface area contributed by atoms with Crippen LogP contribution >= 0.6 is 0 Å². The third-order valence-corrected chi connectivity index (χ3v) is 3.89. The van der Waals surface area contributed by atoms with Gasteiger partial charge in [-0.1, -0.05) is 12.1 Å². The van der Waals surface area contributed by atoms with Gasteiger partial charge in [-0.15, -0.1) is 0 Å². The van der Waals surface area contributed by atoms with Crippen molar-refractivity contribution >= 4 is 0 Å². The molecule has 0 amide bonds. The molecule has 1 N–H and O–H groups in total. The Labute approximate surface area is 110 Å². The first-order chi connectivity index (χ1) is 8.70. The van der Waals surface area contributed by atoms with Crippen molar-refractivity contribution in [1.29, 1.82) is 0 Å². The molecular weight excluding hydrogens is 224 g/mol. The van der Waals surface area contributed by atoms with Crippen LogP contribution in [0.25, 0.3) is 0 Å². The lowest BCUT2D eigenvalue weighted by molar-refractivity contribution is 0.224. The first kappa shape index (κ1) is 13.4. The van der Waals surface area contributed by atoms with Crippen LogP contribution in [0.1, 0.15) is 31.9 Å². The summed E-state index contributed by atoms with van der Waals surface area (Å²) in [6, 6.07) is 9.55. The predicted molar refractivity (Wildman–Crippen MR) is 75.1 cm³/mol. The zero-order chi connectivity index (χ0) is 13.0. The van der Waals surface area contributed by atoms with Gasteiger partial charge in [0.1, 0.15) is 5.75 Å². The van der Waals surface area contributed by atoms with Crippen LogP contribution in [0.5, 0.6) is 5.75 Å². The summed E-state index contributed by atoms with van der Waals surface area (Å²) in [5.41, 5.74) is 1.37. The molecule has 3 nitrogen and oxygen atoms in total. The van der Waals surface area contributed by atoms with Gasteiger partial charge in [0.25, 0.3) is 0 Å². The molecule has 0 radical (unpaired) electrons. The first-order valence-electron chi connectivity index (χ1n) is 6.82. The van der Waals surface area contributed by atoms with Crippen LogP contribution < -0.4 is 10.1 Å². The summed E-state index contributed by atoms with van der Waals surface area (Å²) in [6.07, 6.45) is 1.22. The van der Waals surface area contributed by atoms with Crippen molar-refractivity contribution < 1.29 is 4.74 Å². The molecular formula is C15H24N2O. The van der Waals surface area contributed by atoms with E-state index in [1.807, 2.05) is 12.1 Å². The van der Waals surface area contributed by atoms with Crippen LogP contribution in [0.4, 0.5) is 0 Å². The van der Waals surface area contributed by atoms with Gasteiger partial charge in [-0.25, -0.2) is 0 Å². The van der Waals surface area contributed by atoms with Gasteiger partial charge in [-0.2, -0.15) is 0 Å². The molecule has 3 heteroatoms. The smallest absolute Gasteiger partial charge is 0.118 e. The van der Waals surface area contributed by atoms with Crippen molar-refractivity contribution in [2.75, 3.05) is 26.7 Å². The minimum Gasteiger partial charge on any atom is -0.497 e. The third kappa shape index (κ3) is 3.24. The maximum absolute atomic E-state index is 5.20. The van der Waals surface area contributed by atoms with Gasteiger partial charge in [0.05, 0.1) is 7.11 Å². The second kappa shape index (κ2) is 6.21. The van der Waals surface area contributed by atoms with Crippen molar-refractivity contribution in [1.82, 2.24) is 10.2 Å². The number of rotatable bonds is 3.